The van der Waals surface area contributed by atoms with Gasteiger partial charge in [0.2, 0.25) is 5.91 Å². The Bertz CT molecular complexity index is 1300. The zero-order valence-electron chi connectivity index (χ0n) is 18.5. The van der Waals surface area contributed by atoms with Gasteiger partial charge in [0, 0.05) is 30.8 Å². The normalized spacial score (nSPS) is 17.8. The molecule has 0 saturated carbocycles. The first-order valence-electron chi connectivity index (χ1n) is 11.1. The molecule has 1 aromatic heterocycles. The second kappa shape index (κ2) is 9.55. The molecule has 8 nitrogen and oxygen atoms in total. The lowest BCUT2D eigenvalue weighted by molar-refractivity contribution is -0.121. The average molecular weight is 494 g/mol. The predicted molar refractivity (Wildman–Crippen MR) is 137 cm³/mol. The Morgan fingerprint density at radius 3 is 2.62 bits per heavy atom. The fourth-order valence-electron chi connectivity index (χ4n) is 3.89. The number of hydrogen-bond acceptors (Lipinski definition) is 7. The van der Waals surface area contributed by atoms with Gasteiger partial charge in [-0.2, -0.15) is 4.99 Å². The van der Waals surface area contributed by atoms with Gasteiger partial charge in [-0.3, -0.25) is 19.7 Å². The number of rotatable bonds is 5. The van der Waals surface area contributed by atoms with Crippen molar-refractivity contribution in [2.24, 2.45) is 4.99 Å². The second-order valence-corrected chi connectivity index (χ2v) is 10.5. The van der Waals surface area contributed by atoms with Crippen molar-refractivity contribution < 1.29 is 14.4 Å². The van der Waals surface area contributed by atoms with E-state index in [1.165, 1.54) is 23.1 Å². The molecule has 1 saturated heterocycles. The first kappa shape index (κ1) is 22.5. The summed E-state index contributed by atoms with van der Waals surface area (Å²) >= 11 is 2.80. The van der Waals surface area contributed by atoms with E-state index in [0.717, 1.165) is 46.9 Å². The number of carbonyl (C=O) groups excluding carboxylic acids is 3. The predicted octanol–water partition coefficient (Wildman–Crippen LogP) is 4.28. The van der Waals surface area contributed by atoms with Crippen LogP contribution in [0.4, 0.5) is 10.8 Å². The number of amidine groups is 1. The summed E-state index contributed by atoms with van der Waals surface area (Å²) in [4.78, 5) is 48.0. The number of nitrogens with zero attached hydrogens (tertiary/aromatic N) is 3. The molecule has 3 heterocycles. The Hall–Kier alpha value is -3.24. The number of aliphatic imine (C=N–C) groups is 1. The van der Waals surface area contributed by atoms with Gasteiger partial charge in [0.15, 0.2) is 10.3 Å². The van der Waals surface area contributed by atoms with E-state index in [1.54, 1.807) is 24.3 Å². The molecule has 34 heavy (non-hydrogen) atoms. The number of likely N-dealkylation sites (tertiary alicyclic amines) is 1. The van der Waals surface area contributed by atoms with Crippen molar-refractivity contribution in [2.45, 2.75) is 31.4 Å². The van der Waals surface area contributed by atoms with Crippen LogP contribution >= 0.6 is 23.1 Å². The Morgan fingerprint density at radius 1 is 1.09 bits per heavy atom. The zero-order valence-corrected chi connectivity index (χ0v) is 20.2. The molecule has 10 heteroatoms. The molecule has 1 unspecified atom stereocenters. The number of anilines is 2. The van der Waals surface area contributed by atoms with Gasteiger partial charge < -0.3 is 10.2 Å². The molecule has 3 aromatic rings. The Labute approximate surface area is 204 Å². The van der Waals surface area contributed by atoms with Crippen molar-refractivity contribution in [1.29, 1.82) is 0 Å². The molecule has 0 spiro atoms. The molecule has 0 radical (unpaired) electrons. The van der Waals surface area contributed by atoms with Gasteiger partial charge in [0.05, 0.1) is 10.2 Å². The van der Waals surface area contributed by atoms with Crippen molar-refractivity contribution >= 4 is 67.0 Å². The van der Waals surface area contributed by atoms with Crippen LogP contribution in [-0.4, -0.2) is 51.1 Å². The van der Waals surface area contributed by atoms with E-state index in [0.29, 0.717) is 16.4 Å². The third kappa shape index (κ3) is 4.97. The number of aryl methyl sites for hydroxylation is 1. The molecule has 174 valence electrons. The molecule has 1 atom stereocenters. The summed E-state index contributed by atoms with van der Waals surface area (Å²) in [5.41, 5.74) is 3.01. The lowest BCUT2D eigenvalue weighted by Gasteiger charge is -2.16. The van der Waals surface area contributed by atoms with Crippen LogP contribution in [0.5, 0.6) is 0 Å². The minimum absolute atomic E-state index is 0.0592. The monoisotopic (exact) mass is 493 g/mol. The average Bonchev–Trinajstić information content (AvgIpc) is 3.54. The fraction of sp³-hybridized carbons (Fsp3) is 0.292. The molecule has 5 rings (SSSR count). The molecular weight excluding hydrogens is 470 g/mol. The van der Waals surface area contributed by atoms with Crippen LogP contribution in [0.15, 0.2) is 47.5 Å². The Morgan fingerprint density at radius 2 is 1.85 bits per heavy atom. The number of thioether (sulfide) groups is 1. The number of carbonyl (C=O) groups is 3. The third-order valence-corrected chi connectivity index (χ3v) is 7.82. The quantitative estimate of drug-likeness (QED) is 0.550. The van der Waals surface area contributed by atoms with Crippen molar-refractivity contribution in [3.05, 3.63) is 53.6 Å². The standard InChI is InChI=1S/C24H23N5O3S2/c1-14-4-9-17-18(12-14)33-23(26-17)27-21(31)15-5-7-16(8-6-15)25-20(30)13-19-22(32)28-24(34-19)29-10-2-3-11-29/h4-9,12,19H,2-3,10-11,13H2,1H3,(H,25,30)(H,26,27,31). The SMILES string of the molecule is Cc1ccc2nc(NC(=O)c3ccc(NC(=O)CC4SC(N5CCCC5)=NC4=O)cc3)sc2c1. The highest BCUT2D eigenvalue weighted by Gasteiger charge is 2.33. The molecule has 1 fully saturated rings. The van der Waals surface area contributed by atoms with Crippen LogP contribution in [0.25, 0.3) is 10.2 Å². The van der Waals surface area contributed by atoms with Gasteiger partial charge in [-0.25, -0.2) is 4.98 Å². The number of hydrogen-bond donors (Lipinski definition) is 2. The molecule has 2 aromatic carbocycles. The maximum atomic E-state index is 12.6. The number of benzene rings is 2. The van der Waals surface area contributed by atoms with Crippen LogP contribution in [0.1, 0.15) is 35.2 Å². The lowest BCUT2D eigenvalue weighted by atomic mass is 10.2. The number of nitrogens with one attached hydrogen (secondary N) is 2. The highest BCUT2D eigenvalue weighted by atomic mass is 32.2. The van der Waals surface area contributed by atoms with Crippen molar-refractivity contribution in [3.63, 3.8) is 0 Å². The lowest BCUT2D eigenvalue weighted by Crippen LogP contribution is -2.25. The second-order valence-electron chi connectivity index (χ2n) is 8.31. The molecule has 0 aliphatic carbocycles. The minimum atomic E-state index is -0.488. The molecule has 2 aliphatic rings. The summed E-state index contributed by atoms with van der Waals surface area (Å²) in [7, 11) is 0. The van der Waals surface area contributed by atoms with E-state index < -0.39 is 5.25 Å². The van der Waals surface area contributed by atoms with Crippen molar-refractivity contribution in [2.75, 3.05) is 23.7 Å². The molecule has 0 bridgehead atoms. The first-order valence-corrected chi connectivity index (χ1v) is 12.8. The van der Waals surface area contributed by atoms with Gasteiger partial charge in [0.25, 0.3) is 11.8 Å². The number of amides is 3. The van der Waals surface area contributed by atoms with E-state index in [1.807, 2.05) is 25.1 Å². The smallest absolute Gasteiger partial charge is 0.262 e. The van der Waals surface area contributed by atoms with E-state index in [-0.39, 0.29) is 24.1 Å². The largest absolute Gasteiger partial charge is 0.351 e. The van der Waals surface area contributed by atoms with E-state index in [4.69, 9.17) is 0 Å². The molecule has 2 N–H and O–H groups in total. The van der Waals surface area contributed by atoms with Crippen LogP contribution in [0, 0.1) is 6.92 Å². The van der Waals surface area contributed by atoms with Crippen LogP contribution in [0.2, 0.25) is 0 Å². The van der Waals surface area contributed by atoms with Crippen molar-refractivity contribution in [1.82, 2.24) is 9.88 Å². The maximum Gasteiger partial charge on any atom is 0.262 e. The van der Waals surface area contributed by atoms with Gasteiger partial charge in [-0.1, -0.05) is 29.2 Å². The summed E-state index contributed by atoms with van der Waals surface area (Å²) < 4.78 is 1.02. The van der Waals surface area contributed by atoms with Crippen LogP contribution in [-0.2, 0) is 9.59 Å². The molecule has 2 aliphatic heterocycles. The summed E-state index contributed by atoms with van der Waals surface area (Å²) in [5, 5.41) is 6.42. The molecular formula is C24H23N5O3S2. The number of thiazole rings is 1. The van der Waals surface area contributed by atoms with Gasteiger partial charge in [0.1, 0.15) is 5.25 Å². The fourth-order valence-corrected chi connectivity index (χ4v) is 5.97. The number of fused-ring (bicyclic) bond motifs is 1. The van der Waals surface area contributed by atoms with Gasteiger partial charge in [-0.05, 0) is 61.7 Å². The van der Waals surface area contributed by atoms with Crippen LogP contribution < -0.4 is 10.6 Å². The molecule has 3 amide bonds. The third-order valence-electron chi connectivity index (χ3n) is 5.67. The summed E-state index contributed by atoms with van der Waals surface area (Å²) in [5.74, 6) is -0.780. The summed E-state index contributed by atoms with van der Waals surface area (Å²) in [6.07, 6.45) is 2.27. The summed E-state index contributed by atoms with van der Waals surface area (Å²) in [6.45, 7) is 3.84. The topological polar surface area (TPSA) is 104 Å². The van der Waals surface area contributed by atoms with Crippen LogP contribution in [0.3, 0.4) is 0 Å². The van der Waals surface area contributed by atoms with E-state index >= 15 is 0 Å². The van der Waals surface area contributed by atoms with Crippen molar-refractivity contribution in [3.8, 4) is 0 Å². The Kier molecular flexibility index (Phi) is 6.34. The number of aromatic nitrogens is 1. The highest BCUT2D eigenvalue weighted by molar-refractivity contribution is 8.15. The highest BCUT2D eigenvalue weighted by Crippen LogP contribution is 2.30. The van der Waals surface area contributed by atoms with E-state index in [9.17, 15) is 14.4 Å². The van der Waals surface area contributed by atoms with Gasteiger partial charge in [-0.15, -0.1) is 0 Å². The first-order chi connectivity index (χ1) is 16.4. The summed E-state index contributed by atoms with van der Waals surface area (Å²) in [6, 6.07) is 12.6. The van der Waals surface area contributed by atoms with E-state index in [2.05, 4.69) is 25.5 Å². The minimum Gasteiger partial charge on any atom is -0.351 e. The zero-order chi connectivity index (χ0) is 23.7. The maximum absolute atomic E-state index is 12.6. The Balaban J connectivity index is 1.15. The van der Waals surface area contributed by atoms with Gasteiger partial charge >= 0.3 is 0 Å².